The number of hydrogen-bond acceptors (Lipinski definition) is 3. The third-order valence-electron chi connectivity index (χ3n) is 2.74. The van der Waals surface area contributed by atoms with Crippen molar-refractivity contribution in [3.8, 4) is 11.5 Å². The van der Waals surface area contributed by atoms with Gasteiger partial charge in [-0.1, -0.05) is 18.2 Å². The number of benzene rings is 2. The van der Waals surface area contributed by atoms with E-state index in [1.807, 2.05) is 12.1 Å². The van der Waals surface area contributed by atoms with Crippen LogP contribution in [-0.2, 0) is 6.42 Å². The molecule has 1 amide bonds. The van der Waals surface area contributed by atoms with Crippen LogP contribution < -0.4 is 5.32 Å². The second kappa shape index (κ2) is 5.91. The zero-order valence-electron chi connectivity index (χ0n) is 10.3. The van der Waals surface area contributed by atoms with Gasteiger partial charge in [-0.25, -0.2) is 0 Å². The summed E-state index contributed by atoms with van der Waals surface area (Å²) in [5.74, 6) is 0.0911. The average Bonchev–Trinajstić information content (AvgIpc) is 2.41. The smallest absolute Gasteiger partial charge is 0.251 e. The fraction of sp³-hybridized carbons (Fsp3) is 0.133. The lowest BCUT2D eigenvalue weighted by molar-refractivity contribution is 0.0953. The Labute approximate surface area is 111 Å². The zero-order valence-corrected chi connectivity index (χ0v) is 10.3. The maximum absolute atomic E-state index is 11.8. The van der Waals surface area contributed by atoms with Crippen LogP contribution in [0.1, 0.15) is 15.9 Å². The van der Waals surface area contributed by atoms with Gasteiger partial charge in [-0.2, -0.15) is 0 Å². The van der Waals surface area contributed by atoms with Crippen molar-refractivity contribution in [2.75, 3.05) is 6.54 Å². The number of nitrogens with one attached hydrogen (secondary N) is 1. The van der Waals surface area contributed by atoms with E-state index < -0.39 is 0 Å². The van der Waals surface area contributed by atoms with E-state index in [2.05, 4.69) is 5.32 Å². The minimum Gasteiger partial charge on any atom is -0.508 e. The predicted molar refractivity (Wildman–Crippen MR) is 72.3 cm³/mol. The summed E-state index contributed by atoms with van der Waals surface area (Å²) in [6.45, 7) is 0.499. The molecule has 4 heteroatoms. The molecule has 0 heterocycles. The number of phenolic OH excluding ortho intramolecular Hbond substituents is 2. The molecule has 0 radical (unpaired) electrons. The van der Waals surface area contributed by atoms with Gasteiger partial charge in [-0.05, 0) is 42.3 Å². The van der Waals surface area contributed by atoms with Crippen molar-refractivity contribution in [3.63, 3.8) is 0 Å². The van der Waals surface area contributed by atoms with Crippen LogP contribution >= 0.6 is 0 Å². The van der Waals surface area contributed by atoms with Crippen LogP contribution in [0.25, 0.3) is 0 Å². The molecule has 0 spiro atoms. The summed E-state index contributed by atoms with van der Waals surface area (Å²) in [7, 11) is 0. The molecule has 0 bridgehead atoms. The lowest BCUT2D eigenvalue weighted by Crippen LogP contribution is -2.25. The molecule has 0 fully saturated rings. The Hall–Kier alpha value is -2.49. The summed E-state index contributed by atoms with van der Waals surface area (Å²) >= 11 is 0. The number of hydrogen-bond donors (Lipinski definition) is 3. The molecule has 0 atom stereocenters. The molecular weight excluding hydrogens is 242 g/mol. The van der Waals surface area contributed by atoms with Gasteiger partial charge in [0.15, 0.2) is 0 Å². The van der Waals surface area contributed by atoms with E-state index >= 15 is 0 Å². The molecule has 0 aromatic heterocycles. The van der Waals surface area contributed by atoms with Gasteiger partial charge in [-0.15, -0.1) is 0 Å². The normalized spacial score (nSPS) is 10.1. The third kappa shape index (κ3) is 3.74. The first-order valence-electron chi connectivity index (χ1n) is 6.00. The number of aromatic hydroxyl groups is 2. The summed E-state index contributed by atoms with van der Waals surface area (Å²) in [6.07, 6.45) is 0.685. The van der Waals surface area contributed by atoms with Crippen molar-refractivity contribution in [2.45, 2.75) is 6.42 Å². The molecule has 98 valence electrons. The quantitative estimate of drug-likeness (QED) is 0.785. The van der Waals surface area contributed by atoms with E-state index in [-0.39, 0.29) is 17.4 Å². The lowest BCUT2D eigenvalue weighted by Gasteiger charge is -2.06. The molecule has 0 aliphatic rings. The second-order valence-electron chi connectivity index (χ2n) is 4.22. The minimum atomic E-state index is -0.213. The second-order valence-corrected chi connectivity index (χ2v) is 4.22. The Kier molecular flexibility index (Phi) is 4.03. The maximum atomic E-state index is 11.8. The lowest BCUT2D eigenvalue weighted by atomic mass is 10.1. The van der Waals surface area contributed by atoms with Gasteiger partial charge in [0.05, 0.1) is 0 Å². The molecule has 2 aromatic carbocycles. The highest BCUT2D eigenvalue weighted by molar-refractivity contribution is 5.94. The molecule has 4 nitrogen and oxygen atoms in total. The van der Waals surface area contributed by atoms with E-state index in [9.17, 15) is 9.90 Å². The number of rotatable bonds is 4. The highest BCUT2D eigenvalue weighted by Gasteiger charge is 2.05. The Morgan fingerprint density at radius 1 is 1.00 bits per heavy atom. The van der Waals surface area contributed by atoms with E-state index in [0.717, 1.165) is 5.56 Å². The summed E-state index contributed by atoms with van der Waals surface area (Å²) < 4.78 is 0. The summed E-state index contributed by atoms with van der Waals surface area (Å²) in [4.78, 5) is 11.8. The first-order valence-corrected chi connectivity index (χ1v) is 6.00. The van der Waals surface area contributed by atoms with Crippen molar-refractivity contribution < 1.29 is 15.0 Å². The van der Waals surface area contributed by atoms with Gasteiger partial charge in [0, 0.05) is 12.1 Å². The van der Waals surface area contributed by atoms with Crippen LogP contribution in [0.2, 0.25) is 0 Å². The van der Waals surface area contributed by atoms with Gasteiger partial charge in [-0.3, -0.25) is 4.79 Å². The molecule has 0 saturated carbocycles. The number of amides is 1. The number of carbonyl (C=O) groups is 1. The van der Waals surface area contributed by atoms with Crippen LogP contribution in [0, 0.1) is 0 Å². The van der Waals surface area contributed by atoms with E-state index in [1.165, 1.54) is 12.1 Å². The van der Waals surface area contributed by atoms with Gasteiger partial charge in [0.2, 0.25) is 0 Å². The van der Waals surface area contributed by atoms with Crippen LogP contribution in [0.15, 0.2) is 48.5 Å². The highest BCUT2D eigenvalue weighted by Crippen LogP contribution is 2.11. The standard InChI is InChI=1S/C15H15NO3/c17-13-6-4-11(5-7-13)8-9-16-15(19)12-2-1-3-14(18)10-12/h1-7,10,17-18H,8-9H2,(H,16,19). The van der Waals surface area contributed by atoms with Crippen molar-refractivity contribution in [1.29, 1.82) is 0 Å². The molecule has 0 unspecified atom stereocenters. The van der Waals surface area contributed by atoms with E-state index in [0.29, 0.717) is 18.5 Å². The molecule has 3 N–H and O–H groups in total. The Bertz CT molecular complexity index is 564. The van der Waals surface area contributed by atoms with E-state index in [1.54, 1.807) is 24.3 Å². The molecule has 0 aliphatic carbocycles. The fourth-order valence-corrected chi connectivity index (χ4v) is 1.73. The van der Waals surface area contributed by atoms with Crippen molar-refractivity contribution >= 4 is 5.91 Å². The number of phenols is 2. The van der Waals surface area contributed by atoms with Crippen molar-refractivity contribution in [1.82, 2.24) is 5.32 Å². The van der Waals surface area contributed by atoms with Crippen molar-refractivity contribution in [3.05, 3.63) is 59.7 Å². The highest BCUT2D eigenvalue weighted by atomic mass is 16.3. The maximum Gasteiger partial charge on any atom is 0.251 e. The predicted octanol–water partition coefficient (Wildman–Crippen LogP) is 2.07. The monoisotopic (exact) mass is 257 g/mol. The molecular formula is C15H15NO3. The zero-order chi connectivity index (χ0) is 13.7. The average molecular weight is 257 g/mol. The van der Waals surface area contributed by atoms with Gasteiger partial charge in [0.1, 0.15) is 11.5 Å². The summed E-state index contributed by atoms with van der Waals surface area (Å²) in [5.41, 5.74) is 1.47. The van der Waals surface area contributed by atoms with Crippen molar-refractivity contribution in [2.24, 2.45) is 0 Å². The van der Waals surface area contributed by atoms with Crippen LogP contribution in [0.3, 0.4) is 0 Å². The molecule has 0 saturated heterocycles. The first kappa shape index (κ1) is 13.0. The topological polar surface area (TPSA) is 69.6 Å². The van der Waals surface area contributed by atoms with Gasteiger partial charge >= 0.3 is 0 Å². The van der Waals surface area contributed by atoms with Crippen LogP contribution in [0.5, 0.6) is 11.5 Å². The summed E-state index contributed by atoms with van der Waals surface area (Å²) in [5, 5.41) is 21.2. The third-order valence-corrected chi connectivity index (χ3v) is 2.74. The molecule has 19 heavy (non-hydrogen) atoms. The number of carbonyl (C=O) groups excluding carboxylic acids is 1. The Morgan fingerprint density at radius 3 is 2.42 bits per heavy atom. The summed E-state index contributed by atoms with van der Waals surface area (Å²) in [6, 6.07) is 13.1. The first-order chi connectivity index (χ1) is 9.15. The van der Waals surface area contributed by atoms with Gasteiger partial charge < -0.3 is 15.5 Å². The van der Waals surface area contributed by atoms with Crippen LogP contribution in [-0.4, -0.2) is 22.7 Å². The Morgan fingerprint density at radius 2 is 1.74 bits per heavy atom. The van der Waals surface area contributed by atoms with Crippen LogP contribution in [0.4, 0.5) is 0 Å². The van der Waals surface area contributed by atoms with Gasteiger partial charge in [0.25, 0.3) is 5.91 Å². The minimum absolute atomic E-state index is 0.0752. The Balaban J connectivity index is 1.86. The fourth-order valence-electron chi connectivity index (χ4n) is 1.73. The molecule has 0 aliphatic heterocycles. The SMILES string of the molecule is O=C(NCCc1ccc(O)cc1)c1cccc(O)c1. The molecule has 2 rings (SSSR count). The van der Waals surface area contributed by atoms with E-state index in [4.69, 9.17) is 5.11 Å². The molecule has 2 aromatic rings. The largest absolute Gasteiger partial charge is 0.508 e.